The van der Waals surface area contributed by atoms with Gasteiger partial charge in [-0.05, 0) is 106 Å². The maximum Gasteiger partial charge on any atom is 0.534 e. The van der Waals surface area contributed by atoms with E-state index in [1.54, 1.807) is 58.0 Å². The van der Waals surface area contributed by atoms with Crippen LogP contribution in [-0.2, 0) is 63.8 Å². The lowest BCUT2D eigenvalue weighted by Gasteiger charge is -2.18. The number of aromatic hydroxyl groups is 1. The van der Waals surface area contributed by atoms with Crippen LogP contribution in [0, 0.1) is 27.7 Å². The lowest BCUT2D eigenvalue weighted by molar-refractivity contribution is -0.0500. The summed E-state index contributed by atoms with van der Waals surface area (Å²) in [5.74, 6) is -2.09. The number of nitrogens with zero attached hydrogens (tertiary/aromatic N) is 12. The summed E-state index contributed by atoms with van der Waals surface area (Å²) in [5, 5.41) is 18.0. The number of aryl methyl sites for hydroxylation is 4. The standard InChI is InChI=1S/C26H24N4O6.C23H20N4O4.C19H16F3N3O7S.C18H17N3O5/c1-3-33-26(32)22-23(27-12-18-9-10-19-20(11-18)35-15-34-19)21-16(2)28-14-29-24(21)30(25(22)31)36-13-17-7-5-4-6-8-17;1-15-22-18(24-11-17-7-8-19-20(9-17)30-14-29-19)10-21(28)27(23(22)26-13-25-15)31-12-16-5-3-2-4-6-16;1-3-30-18(27)14-15(32-33(28,29)19(20,21)22)13-11(2)23-10-24-16(13)25(17(14)26)31-9-12-7-5-4-6-8-12;1-3-25-18(24)14-15(22)13-11(2)19-10-20-16(13)21(17(14)23)26-9-12-7-5-4-6-8-12/h4-11,14,27H,3,12-13,15H2,1-2H3;2-10,13,24H,11-12,14H2,1H3;4-8,10H,3,9H2,1-2H3;4-8,10,22H,3,9H2,1-2H3. The molecule has 650 valence electrons. The van der Waals surface area contributed by atoms with Gasteiger partial charge in [0.2, 0.25) is 13.6 Å². The maximum atomic E-state index is 13.6. The zero-order chi connectivity index (χ0) is 89.3. The van der Waals surface area contributed by atoms with Gasteiger partial charge in [-0.2, -0.15) is 21.6 Å². The molecule has 0 fully saturated rings. The van der Waals surface area contributed by atoms with E-state index < -0.39 is 83.9 Å². The van der Waals surface area contributed by atoms with Crippen molar-refractivity contribution in [2.75, 3.05) is 44.0 Å². The molecule has 6 aromatic carbocycles. The van der Waals surface area contributed by atoms with Gasteiger partial charge >= 0.3 is 50.2 Å². The second-order valence-electron chi connectivity index (χ2n) is 27.1. The van der Waals surface area contributed by atoms with Crippen LogP contribution in [0.4, 0.5) is 24.5 Å². The Hall–Kier alpha value is -15.8. The van der Waals surface area contributed by atoms with Crippen molar-refractivity contribution in [3.63, 3.8) is 0 Å². The fraction of sp³-hybridized carbons (Fsp3) is 0.221. The minimum absolute atomic E-state index is 0.0604. The predicted octanol–water partition coefficient (Wildman–Crippen LogP) is 10.1. The number of alkyl halides is 3. The second-order valence-corrected chi connectivity index (χ2v) is 28.6. The van der Waals surface area contributed by atoms with Gasteiger partial charge in [-0.15, -0.1) is 18.9 Å². The molecule has 126 heavy (non-hydrogen) atoms. The van der Waals surface area contributed by atoms with Crippen LogP contribution in [0.5, 0.6) is 34.5 Å². The first-order valence-corrected chi connectivity index (χ1v) is 39.9. The van der Waals surface area contributed by atoms with Crippen LogP contribution in [-0.4, -0.2) is 129 Å². The maximum absolute atomic E-state index is 13.6. The Bertz CT molecular complexity index is 6780. The molecule has 0 aliphatic carbocycles. The van der Waals surface area contributed by atoms with E-state index in [9.17, 15) is 60.3 Å². The van der Waals surface area contributed by atoms with Gasteiger partial charge in [0.25, 0.3) is 5.56 Å². The number of rotatable bonds is 26. The number of anilines is 2. The van der Waals surface area contributed by atoms with Crippen molar-refractivity contribution < 1.29 is 97.8 Å². The van der Waals surface area contributed by atoms with Crippen LogP contribution in [0.15, 0.2) is 208 Å². The van der Waals surface area contributed by atoms with E-state index in [2.05, 4.69) is 54.7 Å². The number of carbonyl (C=O) groups is 3. The van der Waals surface area contributed by atoms with Gasteiger partial charge in [-0.1, -0.05) is 133 Å². The number of hydrogen-bond acceptors (Lipinski definition) is 32. The number of pyridine rings is 4. The molecule has 2 aliphatic rings. The molecule has 16 rings (SSSR count). The summed E-state index contributed by atoms with van der Waals surface area (Å²) in [6.07, 6.45) is 5.01. The molecule has 0 bridgehead atoms. The molecule has 0 saturated carbocycles. The highest BCUT2D eigenvalue weighted by atomic mass is 32.2. The number of ether oxygens (including phenoxy) is 7. The van der Waals surface area contributed by atoms with E-state index in [1.807, 2.05) is 134 Å². The Kier molecular flexibility index (Phi) is 27.5. The molecular formula is C86H77F3N14O22S. The van der Waals surface area contributed by atoms with Crippen LogP contribution < -0.4 is 75.4 Å². The van der Waals surface area contributed by atoms with Gasteiger partial charge in [0.05, 0.1) is 75.5 Å². The number of carbonyl (C=O) groups excluding carboxylic acids is 3. The van der Waals surface area contributed by atoms with Gasteiger partial charge in [0.1, 0.15) is 57.5 Å². The summed E-state index contributed by atoms with van der Waals surface area (Å²) in [6, 6.07) is 49.6. The molecule has 36 nitrogen and oxygen atoms in total. The Morgan fingerprint density at radius 2 is 0.770 bits per heavy atom. The van der Waals surface area contributed by atoms with Crippen molar-refractivity contribution in [2.45, 2.75) is 93.5 Å². The minimum Gasteiger partial charge on any atom is -0.506 e. The zero-order valence-corrected chi connectivity index (χ0v) is 68.9. The van der Waals surface area contributed by atoms with E-state index in [-0.39, 0.29) is 99.0 Å². The summed E-state index contributed by atoms with van der Waals surface area (Å²) in [7, 11) is -6.27. The van der Waals surface area contributed by atoms with Gasteiger partial charge in [0.15, 0.2) is 68.0 Å². The molecule has 0 unspecified atom stereocenters. The molecule has 40 heteroatoms. The molecule has 10 heterocycles. The van der Waals surface area contributed by atoms with Crippen molar-refractivity contribution in [2.24, 2.45) is 0 Å². The molecule has 3 N–H and O–H groups in total. The van der Waals surface area contributed by atoms with Gasteiger partial charge < -0.3 is 72.4 Å². The number of aromatic nitrogens is 12. The molecule has 0 spiro atoms. The highest BCUT2D eigenvalue weighted by Crippen LogP contribution is 2.38. The first kappa shape index (κ1) is 88.0. The van der Waals surface area contributed by atoms with Crippen molar-refractivity contribution in [3.05, 3.63) is 303 Å². The average Bonchev–Trinajstić information content (AvgIpc) is 1.32. The van der Waals surface area contributed by atoms with Crippen LogP contribution in [0.25, 0.3) is 44.1 Å². The van der Waals surface area contributed by atoms with Crippen LogP contribution >= 0.6 is 0 Å². The molecule has 0 radical (unpaired) electrons. The largest absolute Gasteiger partial charge is 0.534 e. The number of esters is 3. The Balaban J connectivity index is 0.000000145. The number of hydrogen-bond donors (Lipinski definition) is 3. The fourth-order valence-electron chi connectivity index (χ4n) is 12.8. The SMILES string of the molecule is CCOC(=O)c1c(NCc2ccc3c(c2)OCO3)c2c(C)ncnc2n(OCc2ccccc2)c1=O.CCOC(=O)c1c(O)c2c(C)ncnc2n(OCc2ccccc2)c1=O.CCOC(=O)c1c(OS(=O)(=O)C(F)(F)F)c2c(C)ncnc2n(OCc2ccccc2)c1=O.Cc1ncnc2c1c(NCc1ccc3c(c1)OCO3)cc(=O)n2OCc1ccccc1. The molecule has 0 saturated heterocycles. The lowest BCUT2D eigenvalue weighted by Crippen LogP contribution is -2.35. The van der Waals surface area contributed by atoms with Gasteiger partial charge in [0, 0.05) is 19.2 Å². The topological polar surface area (TPSA) is 432 Å². The average molecular weight is 1750 g/mol. The molecule has 8 aromatic heterocycles. The van der Waals surface area contributed by atoms with Crippen molar-refractivity contribution in [1.29, 1.82) is 0 Å². The molecule has 14 aromatic rings. The zero-order valence-electron chi connectivity index (χ0n) is 68.1. The van der Waals surface area contributed by atoms with Gasteiger partial charge in [-0.3, -0.25) is 19.2 Å². The van der Waals surface area contributed by atoms with Crippen molar-refractivity contribution >= 4 is 83.5 Å². The molecule has 0 atom stereocenters. The Labute approximate surface area is 712 Å². The number of halogens is 3. The highest BCUT2D eigenvalue weighted by Gasteiger charge is 2.50. The minimum atomic E-state index is -6.27. The normalized spacial score (nSPS) is 11.7. The third kappa shape index (κ3) is 19.7. The second kappa shape index (κ2) is 39.4. The van der Waals surface area contributed by atoms with E-state index >= 15 is 0 Å². The lowest BCUT2D eigenvalue weighted by atomic mass is 10.1. The Morgan fingerprint density at radius 3 is 1.21 bits per heavy atom. The predicted molar refractivity (Wildman–Crippen MR) is 446 cm³/mol. The number of fused-ring (bicyclic) bond motifs is 6. The quantitative estimate of drug-likeness (QED) is 0.0196. The van der Waals surface area contributed by atoms with E-state index in [0.29, 0.717) is 68.7 Å². The highest BCUT2D eigenvalue weighted by molar-refractivity contribution is 7.88. The number of nitrogens with one attached hydrogen (secondary N) is 2. The molecular weight excluding hydrogens is 1670 g/mol. The number of benzene rings is 6. The molecule has 2 aliphatic heterocycles. The summed E-state index contributed by atoms with van der Waals surface area (Å²) < 4.78 is 107. The van der Waals surface area contributed by atoms with Gasteiger partial charge in [-0.25, -0.2) is 54.3 Å². The third-order valence-corrected chi connectivity index (χ3v) is 19.7. The molecule has 0 amide bonds. The monoisotopic (exact) mass is 1750 g/mol. The summed E-state index contributed by atoms with van der Waals surface area (Å²) >= 11 is 0. The van der Waals surface area contributed by atoms with Crippen LogP contribution in [0.2, 0.25) is 0 Å². The fourth-order valence-corrected chi connectivity index (χ4v) is 13.3. The summed E-state index contributed by atoms with van der Waals surface area (Å²) in [6.45, 7) is 12.6. The van der Waals surface area contributed by atoms with Crippen molar-refractivity contribution in [3.8, 4) is 34.5 Å². The van der Waals surface area contributed by atoms with E-state index in [4.69, 9.17) is 52.5 Å². The first-order valence-electron chi connectivity index (χ1n) is 38.5. The van der Waals surface area contributed by atoms with E-state index in [0.717, 1.165) is 60.4 Å². The summed E-state index contributed by atoms with van der Waals surface area (Å²) in [5.41, 5.74) is -2.84. The van der Waals surface area contributed by atoms with Crippen LogP contribution in [0.1, 0.15) is 108 Å². The third-order valence-electron chi connectivity index (χ3n) is 18.8. The first-order chi connectivity index (χ1) is 60.8. The van der Waals surface area contributed by atoms with Crippen molar-refractivity contribution in [1.82, 2.24) is 58.8 Å². The van der Waals surface area contributed by atoms with E-state index in [1.165, 1.54) is 43.6 Å². The summed E-state index contributed by atoms with van der Waals surface area (Å²) in [4.78, 5) is 146. The Morgan fingerprint density at radius 1 is 0.421 bits per heavy atom. The van der Waals surface area contributed by atoms with Crippen LogP contribution in [0.3, 0.4) is 0 Å². The smallest absolute Gasteiger partial charge is 0.506 e.